The number of para-hydroxylation sites is 1. The third-order valence-electron chi connectivity index (χ3n) is 5.61. The maximum Gasteiger partial charge on any atom is 0.181 e. The molecule has 166 valence electrons. The third kappa shape index (κ3) is 4.25. The van der Waals surface area contributed by atoms with Gasteiger partial charge in [-0.05, 0) is 53.9 Å². The van der Waals surface area contributed by atoms with Crippen molar-refractivity contribution in [1.82, 2.24) is 35.2 Å². The summed E-state index contributed by atoms with van der Waals surface area (Å²) < 4.78 is 2.32. The van der Waals surface area contributed by atoms with Gasteiger partial charge in [0.05, 0.1) is 5.69 Å². The number of anilines is 2. The van der Waals surface area contributed by atoms with Crippen LogP contribution in [0.2, 0.25) is 0 Å². The van der Waals surface area contributed by atoms with Crippen molar-refractivity contribution in [1.29, 1.82) is 0 Å². The van der Waals surface area contributed by atoms with Crippen LogP contribution >= 0.6 is 0 Å². The van der Waals surface area contributed by atoms with Gasteiger partial charge in [-0.2, -0.15) is 0 Å². The average Bonchev–Trinajstić information content (AvgIpc) is 3.48. The van der Waals surface area contributed by atoms with Gasteiger partial charge in [-0.25, -0.2) is 15.1 Å². The van der Waals surface area contributed by atoms with Gasteiger partial charge in [-0.3, -0.25) is 0 Å². The fourth-order valence-corrected chi connectivity index (χ4v) is 4.07. The number of hydrogen-bond acceptors (Lipinski definition) is 7. The highest BCUT2D eigenvalue weighted by atomic mass is 15.5. The highest BCUT2D eigenvalue weighted by Gasteiger charge is 2.11. The zero-order valence-corrected chi connectivity index (χ0v) is 18.6. The van der Waals surface area contributed by atoms with E-state index in [9.17, 15) is 0 Å². The Morgan fingerprint density at radius 2 is 1.91 bits per heavy atom. The van der Waals surface area contributed by atoms with Crippen molar-refractivity contribution in [2.24, 2.45) is 0 Å². The molecule has 3 aromatic heterocycles. The minimum Gasteiger partial charge on any atom is -0.385 e. The topological polar surface area (TPSA) is 109 Å². The normalized spacial score (nSPS) is 11.1. The van der Waals surface area contributed by atoms with E-state index in [-0.39, 0.29) is 0 Å². The lowest BCUT2D eigenvalue weighted by Gasteiger charge is -2.12. The molecule has 2 aromatic carbocycles. The number of aryl methyl sites for hydroxylation is 1. The van der Waals surface area contributed by atoms with Crippen molar-refractivity contribution in [2.45, 2.75) is 20.4 Å². The highest BCUT2D eigenvalue weighted by Crippen LogP contribution is 2.30. The van der Waals surface area contributed by atoms with E-state index in [0.717, 1.165) is 48.0 Å². The molecule has 0 radical (unpaired) electrons. The zero-order chi connectivity index (χ0) is 22.6. The van der Waals surface area contributed by atoms with Crippen LogP contribution < -0.4 is 10.6 Å². The molecule has 0 aliphatic carbocycles. The van der Waals surface area contributed by atoms with E-state index in [0.29, 0.717) is 5.82 Å². The summed E-state index contributed by atoms with van der Waals surface area (Å²) in [5.41, 5.74) is 6.18. The van der Waals surface area contributed by atoms with Crippen molar-refractivity contribution in [3.63, 3.8) is 0 Å². The standard InChI is InChI=1S/C24H25N9/c1-3-25-21-13-17(8-9-19(21)24-29-31-32-30-24)20-14-23(28-15-27-20)26-10-11-33-16(2)12-18-6-4-5-7-22(18)33/h4-9,12-15,25H,3,10-11H2,1-2H3,(H,26,27,28)(H,29,30,31,32). The smallest absolute Gasteiger partial charge is 0.181 e. The van der Waals surface area contributed by atoms with Gasteiger partial charge in [-0.1, -0.05) is 24.3 Å². The van der Waals surface area contributed by atoms with Crippen LogP contribution in [0.1, 0.15) is 12.6 Å². The first-order chi connectivity index (χ1) is 16.2. The van der Waals surface area contributed by atoms with Gasteiger partial charge in [0.1, 0.15) is 12.1 Å². The van der Waals surface area contributed by atoms with Crippen molar-refractivity contribution in [3.8, 4) is 22.6 Å². The quantitative estimate of drug-likeness (QED) is 0.333. The fraction of sp³-hybridized carbons (Fsp3) is 0.208. The van der Waals surface area contributed by atoms with Gasteiger partial charge < -0.3 is 15.2 Å². The number of nitrogens with zero attached hydrogens (tertiary/aromatic N) is 6. The molecule has 9 nitrogen and oxygen atoms in total. The Bertz CT molecular complexity index is 1370. The maximum atomic E-state index is 4.48. The summed E-state index contributed by atoms with van der Waals surface area (Å²) in [7, 11) is 0. The number of aromatic nitrogens is 7. The van der Waals surface area contributed by atoms with Crippen LogP contribution in [0, 0.1) is 6.92 Å². The second kappa shape index (κ2) is 9.07. The summed E-state index contributed by atoms with van der Waals surface area (Å²) in [6.45, 7) is 6.59. The minimum atomic E-state index is 0.621. The second-order valence-electron chi connectivity index (χ2n) is 7.75. The van der Waals surface area contributed by atoms with E-state index in [1.807, 2.05) is 18.2 Å². The number of fused-ring (bicyclic) bond motifs is 1. The number of nitrogens with one attached hydrogen (secondary N) is 3. The maximum absolute atomic E-state index is 4.48. The molecule has 0 atom stereocenters. The molecule has 0 saturated carbocycles. The average molecular weight is 440 g/mol. The molecule has 0 fully saturated rings. The third-order valence-corrected chi connectivity index (χ3v) is 5.61. The molecular formula is C24H25N9. The summed E-state index contributed by atoms with van der Waals surface area (Å²) >= 11 is 0. The molecule has 33 heavy (non-hydrogen) atoms. The van der Waals surface area contributed by atoms with E-state index < -0.39 is 0 Å². The summed E-state index contributed by atoms with van der Waals surface area (Å²) in [6, 6.07) is 18.7. The van der Waals surface area contributed by atoms with E-state index in [4.69, 9.17) is 0 Å². The number of hydrogen-bond donors (Lipinski definition) is 3. The predicted octanol–water partition coefficient (Wildman–Crippen LogP) is 4.13. The number of H-pyrrole nitrogens is 1. The van der Waals surface area contributed by atoms with Crippen LogP contribution in [0.25, 0.3) is 33.5 Å². The van der Waals surface area contributed by atoms with Gasteiger partial charge in [0, 0.05) is 53.7 Å². The SMILES string of the molecule is CCNc1cc(-c2cc(NCCn3c(C)cc4ccccc43)ncn2)ccc1-c1nnn[nH]1. The number of aromatic amines is 1. The molecule has 9 heteroatoms. The molecule has 5 aromatic rings. The fourth-order valence-electron chi connectivity index (χ4n) is 4.07. The molecule has 0 aliphatic heterocycles. The predicted molar refractivity (Wildman–Crippen MR) is 130 cm³/mol. The Labute approximate surface area is 191 Å². The summed E-state index contributed by atoms with van der Waals surface area (Å²) in [4.78, 5) is 8.89. The minimum absolute atomic E-state index is 0.621. The molecule has 0 unspecified atom stereocenters. The van der Waals surface area contributed by atoms with Crippen LogP contribution in [0.4, 0.5) is 11.5 Å². The molecule has 0 aliphatic rings. The van der Waals surface area contributed by atoms with Gasteiger partial charge in [-0.15, -0.1) is 5.10 Å². The van der Waals surface area contributed by atoms with Gasteiger partial charge >= 0.3 is 0 Å². The number of tetrazole rings is 1. The lowest BCUT2D eigenvalue weighted by Crippen LogP contribution is -2.12. The van der Waals surface area contributed by atoms with Crippen LogP contribution in [0.15, 0.2) is 60.9 Å². The first kappa shape index (κ1) is 20.6. The first-order valence-electron chi connectivity index (χ1n) is 11.0. The second-order valence-corrected chi connectivity index (χ2v) is 7.75. The largest absolute Gasteiger partial charge is 0.385 e. The van der Waals surface area contributed by atoms with Crippen LogP contribution in [0.5, 0.6) is 0 Å². The number of rotatable bonds is 8. The van der Waals surface area contributed by atoms with Crippen LogP contribution in [0.3, 0.4) is 0 Å². The molecule has 0 spiro atoms. The summed E-state index contributed by atoms with van der Waals surface area (Å²) in [5, 5.41) is 22.3. The van der Waals surface area contributed by atoms with Gasteiger partial charge in [0.15, 0.2) is 5.82 Å². The Morgan fingerprint density at radius 1 is 1.00 bits per heavy atom. The van der Waals surface area contributed by atoms with E-state index >= 15 is 0 Å². The van der Waals surface area contributed by atoms with E-state index in [1.54, 1.807) is 6.33 Å². The molecule has 5 rings (SSSR count). The molecule has 0 amide bonds. The molecular weight excluding hydrogens is 414 g/mol. The van der Waals surface area contributed by atoms with E-state index in [2.05, 4.69) is 96.0 Å². The summed E-state index contributed by atoms with van der Waals surface area (Å²) in [6.07, 6.45) is 1.59. The Kier molecular flexibility index (Phi) is 5.67. The Hall–Kier alpha value is -4.27. The monoisotopic (exact) mass is 439 g/mol. The van der Waals surface area contributed by atoms with E-state index in [1.165, 1.54) is 16.6 Å². The van der Waals surface area contributed by atoms with Crippen molar-refractivity contribution < 1.29 is 0 Å². The summed E-state index contributed by atoms with van der Waals surface area (Å²) in [5.74, 6) is 1.41. The van der Waals surface area contributed by atoms with Gasteiger partial charge in [0.25, 0.3) is 0 Å². The van der Waals surface area contributed by atoms with Crippen LogP contribution in [-0.4, -0.2) is 48.2 Å². The van der Waals surface area contributed by atoms with Crippen LogP contribution in [-0.2, 0) is 6.54 Å². The molecule has 0 bridgehead atoms. The lowest BCUT2D eigenvalue weighted by molar-refractivity contribution is 0.733. The lowest BCUT2D eigenvalue weighted by atomic mass is 10.1. The van der Waals surface area contributed by atoms with Crippen molar-refractivity contribution in [2.75, 3.05) is 23.7 Å². The zero-order valence-electron chi connectivity index (χ0n) is 18.6. The Balaban J connectivity index is 1.34. The molecule has 3 N–H and O–H groups in total. The van der Waals surface area contributed by atoms with Gasteiger partial charge in [0.2, 0.25) is 0 Å². The van der Waals surface area contributed by atoms with Crippen molar-refractivity contribution >= 4 is 22.4 Å². The first-order valence-corrected chi connectivity index (χ1v) is 11.0. The number of benzene rings is 2. The van der Waals surface area contributed by atoms with Crippen molar-refractivity contribution in [3.05, 3.63) is 66.6 Å². The highest BCUT2D eigenvalue weighted by molar-refractivity contribution is 5.81. The molecule has 3 heterocycles. The molecule has 0 saturated heterocycles. The Morgan fingerprint density at radius 3 is 2.76 bits per heavy atom.